The summed E-state index contributed by atoms with van der Waals surface area (Å²) in [6.07, 6.45) is 14.1. The van der Waals surface area contributed by atoms with Crippen LogP contribution in [0.4, 0.5) is 0 Å². The topological polar surface area (TPSA) is 0 Å². The molecule has 3 rings (SSSR count). The lowest BCUT2D eigenvalue weighted by Crippen LogP contribution is -2.12. The van der Waals surface area contributed by atoms with E-state index in [1.165, 1.54) is 86.5 Å². The summed E-state index contributed by atoms with van der Waals surface area (Å²) in [6.45, 7) is 4.50. The first-order chi connectivity index (χ1) is 14.3. The van der Waals surface area contributed by atoms with Gasteiger partial charge in [-0.1, -0.05) is 87.8 Å². The van der Waals surface area contributed by atoms with Crippen LogP contribution in [0.25, 0.3) is 0 Å². The average Bonchev–Trinajstić information content (AvgIpc) is 2.79. The third-order valence-electron chi connectivity index (χ3n) is 6.53. The highest BCUT2D eigenvalue weighted by Crippen LogP contribution is 2.35. The van der Waals surface area contributed by atoms with Gasteiger partial charge in [0, 0.05) is 11.5 Å². The van der Waals surface area contributed by atoms with Crippen molar-refractivity contribution >= 4 is 0 Å². The van der Waals surface area contributed by atoms with Crippen molar-refractivity contribution in [3.8, 4) is 11.8 Å². The molecule has 0 spiro atoms. The zero-order valence-corrected chi connectivity index (χ0v) is 18.6. The molecule has 1 aliphatic rings. The Balaban J connectivity index is 1.43. The molecule has 0 unspecified atom stereocenters. The van der Waals surface area contributed by atoms with Gasteiger partial charge >= 0.3 is 0 Å². The van der Waals surface area contributed by atoms with Crippen molar-refractivity contribution in [2.45, 2.75) is 90.4 Å². The van der Waals surface area contributed by atoms with Crippen LogP contribution in [0.1, 0.15) is 99.8 Å². The second-order valence-corrected chi connectivity index (χ2v) is 8.77. The van der Waals surface area contributed by atoms with Crippen LogP contribution in [0.3, 0.4) is 0 Å². The van der Waals surface area contributed by atoms with E-state index >= 15 is 0 Å². The number of unbranched alkanes of at least 4 members (excludes halogenated alkanes) is 4. The van der Waals surface area contributed by atoms with Crippen molar-refractivity contribution in [2.24, 2.45) is 5.92 Å². The molecule has 0 atom stereocenters. The lowest BCUT2D eigenvalue weighted by molar-refractivity contribution is 0.384. The summed E-state index contributed by atoms with van der Waals surface area (Å²) >= 11 is 0. The van der Waals surface area contributed by atoms with Crippen LogP contribution in [0, 0.1) is 17.8 Å². The van der Waals surface area contributed by atoms with E-state index in [-0.39, 0.29) is 0 Å². The summed E-state index contributed by atoms with van der Waals surface area (Å²) in [7, 11) is 0. The van der Waals surface area contributed by atoms with Gasteiger partial charge in [-0.05, 0) is 79.7 Å². The quantitative estimate of drug-likeness (QED) is 0.318. The summed E-state index contributed by atoms with van der Waals surface area (Å²) in [5, 5.41) is 0. The summed E-state index contributed by atoms with van der Waals surface area (Å²) in [6, 6.07) is 18.3. The van der Waals surface area contributed by atoms with Gasteiger partial charge in [-0.25, -0.2) is 0 Å². The first-order valence-electron chi connectivity index (χ1n) is 12.0. The molecule has 29 heavy (non-hydrogen) atoms. The fourth-order valence-corrected chi connectivity index (χ4v) is 4.47. The maximum absolute atomic E-state index is 3.56. The van der Waals surface area contributed by atoms with Gasteiger partial charge in [0.2, 0.25) is 0 Å². The Morgan fingerprint density at radius 1 is 0.724 bits per heavy atom. The maximum Gasteiger partial charge on any atom is 0.0245 e. The lowest BCUT2D eigenvalue weighted by atomic mass is 9.79. The minimum absolute atomic E-state index is 0.569. The zero-order valence-electron chi connectivity index (χ0n) is 18.6. The smallest absolute Gasteiger partial charge is 0.0245 e. The van der Waals surface area contributed by atoms with E-state index < -0.39 is 0 Å². The number of hydrogen-bond acceptors (Lipinski definition) is 0. The van der Waals surface area contributed by atoms with Gasteiger partial charge in [-0.3, -0.25) is 0 Å². The van der Waals surface area contributed by atoms with E-state index in [4.69, 9.17) is 0 Å². The van der Waals surface area contributed by atoms with E-state index in [2.05, 4.69) is 74.2 Å². The molecule has 0 bridgehead atoms. The molecule has 0 N–H and O–H groups in total. The average molecular weight is 387 g/mol. The first kappa shape index (κ1) is 21.7. The van der Waals surface area contributed by atoms with Crippen molar-refractivity contribution in [2.75, 3.05) is 0 Å². The van der Waals surface area contributed by atoms with Gasteiger partial charge in [-0.2, -0.15) is 0 Å². The van der Waals surface area contributed by atoms with Gasteiger partial charge in [-0.15, -0.1) is 0 Å². The van der Waals surface area contributed by atoms with Crippen LogP contribution < -0.4 is 0 Å². The molecule has 2 aromatic rings. The van der Waals surface area contributed by atoms with E-state index in [1.807, 2.05) is 0 Å². The molecule has 1 saturated carbocycles. The Morgan fingerprint density at radius 2 is 1.38 bits per heavy atom. The molecule has 0 aliphatic heterocycles. The maximum atomic E-state index is 3.56. The fraction of sp³-hybridized carbons (Fsp3) is 0.517. The Labute approximate surface area is 179 Å². The Kier molecular flexibility index (Phi) is 8.88. The number of hydrogen-bond donors (Lipinski definition) is 0. The van der Waals surface area contributed by atoms with Crippen molar-refractivity contribution in [1.82, 2.24) is 0 Å². The third-order valence-corrected chi connectivity index (χ3v) is 6.53. The molecule has 1 aliphatic carbocycles. The van der Waals surface area contributed by atoms with Crippen molar-refractivity contribution < 1.29 is 0 Å². The minimum atomic E-state index is 0.569. The minimum Gasteiger partial charge on any atom is -0.0945 e. The lowest BCUT2D eigenvalue weighted by Gasteiger charge is -2.26. The summed E-state index contributed by atoms with van der Waals surface area (Å²) in [5.41, 5.74) is 5.60. The molecule has 0 radical (unpaired) electrons. The molecule has 0 nitrogen and oxygen atoms in total. The number of aryl methyl sites for hydroxylation is 2. The molecular weight excluding hydrogens is 348 g/mol. The Hall–Kier alpha value is -2.00. The predicted molar refractivity (Wildman–Crippen MR) is 126 cm³/mol. The van der Waals surface area contributed by atoms with Gasteiger partial charge in [0.05, 0.1) is 0 Å². The standard InChI is InChI=1S/C29H38/c1-3-5-6-7-8-9-25-10-12-26(13-11-25)14-15-27-18-22-29(23-19-27)28-20-16-24(4-2)17-21-28/h10-13,16-17,20-21,27,29H,3-9,18-19,22-23H2,1-2H3. The normalized spacial score (nSPS) is 18.8. The van der Waals surface area contributed by atoms with Crippen molar-refractivity contribution in [3.05, 3.63) is 70.8 Å². The van der Waals surface area contributed by atoms with Gasteiger partial charge in [0.1, 0.15) is 0 Å². The molecule has 154 valence electrons. The fourth-order valence-electron chi connectivity index (χ4n) is 4.47. The van der Waals surface area contributed by atoms with E-state index in [1.54, 1.807) is 0 Å². The molecule has 0 heteroatoms. The highest BCUT2D eigenvalue weighted by atomic mass is 14.2. The summed E-state index contributed by atoms with van der Waals surface area (Å²) in [5.74, 6) is 8.31. The Bertz CT molecular complexity index is 762. The first-order valence-corrected chi connectivity index (χ1v) is 12.0. The molecule has 1 fully saturated rings. The van der Waals surface area contributed by atoms with Crippen LogP contribution in [-0.2, 0) is 12.8 Å². The van der Waals surface area contributed by atoms with Crippen LogP contribution in [0.2, 0.25) is 0 Å². The van der Waals surface area contributed by atoms with Gasteiger partial charge in [0.25, 0.3) is 0 Å². The second-order valence-electron chi connectivity index (χ2n) is 8.77. The molecule has 0 saturated heterocycles. The van der Waals surface area contributed by atoms with Crippen LogP contribution in [-0.4, -0.2) is 0 Å². The van der Waals surface area contributed by atoms with Crippen molar-refractivity contribution in [1.29, 1.82) is 0 Å². The predicted octanol–water partition coefficient (Wildman–Crippen LogP) is 8.09. The van der Waals surface area contributed by atoms with Crippen LogP contribution in [0.15, 0.2) is 48.5 Å². The second kappa shape index (κ2) is 11.9. The van der Waals surface area contributed by atoms with Crippen molar-refractivity contribution in [3.63, 3.8) is 0 Å². The van der Waals surface area contributed by atoms with Crippen LogP contribution >= 0.6 is 0 Å². The van der Waals surface area contributed by atoms with Gasteiger partial charge < -0.3 is 0 Å². The van der Waals surface area contributed by atoms with E-state index in [0.29, 0.717) is 5.92 Å². The highest BCUT2D eigenvalue weighted by molar-refractivity contribution is 5.37. The zero-order chi connectivity index (χ0) is 20.3. The molecule has 2 aromatic carbocycles. The van der Waals surface area contributed by atoms with Gasteiger partial charge in [0.15, 0.2) is 0 Å². The molecular formula is C29H38. The van der Waals surface area contributed by atoms with E-state index in [9.17, 15) is 0 Å². The SMILES string of the molecule is CCCCCCCc1ccc(C#CC2CCC(c3ccc(CC)cc3)CC2)cc1. The Morgan fingerprint density at radius 3 is 2.03 bits per heavy atom. The molecule has 0 amide bonds. The monoisotopic (exact) mass is 386 g/mol. The molecule has 0 heterocycles. The summed E-state index contributed by atoms with van der Waals surface area (Å²) < 4.78 is 0. The van der Waals surface area contributed by atoms with E-state index in [0.717, 1.165) is 12.3 Å². The van der Waals surface area contributed by atoms with Crippen LogP contribution in [0.5, 0.6) is 0 Å². The summed E-state index contributed by atoms with van der Waals surface area (Å²) in [4.78, 5) is 0. The number of rotatable bonds is 8. The highest BCUT2D eigenvalue weighted by Gasteiger charge is 2.21. The third kappa shape index (κ3) is 7.08. The largest absolute Gasteiger partial charge is 0.0945 e. The molecule has 0 aromatic heterocycles. The number of benzene rings is 2.